The van der Waals surface area contributed by atoms with Crippen molar-refractivity contribution in [3.8, 4) is 0 Å². The first-order valence-electron chi connectivity index (χ1n) is 7.42. The second-order valence-corrected chi connectivity index (χ2v) is 5.89. The number of fused-ring (bicyclic) bond motifs is 1. The third-order valence-electron chi connectivity index (χ3n) is 4.01. The molecule has 0 saturated carbocycles. The third-order valence-corrected chi connectivity index (χ3v) is 4.01. The Labute approximate surface area is 123 Å². The van der Waals surface area contributed by atoms with Crippen LogP contribution < -0.4 is 0 Å². The molecule has 112 valence electrons. The lowest BCUT2D eigenvalue weighted by Gasteiger charge is -2.20. The number of hydrogen-bond acceptors (Lipinski definition) is 4. The van der Waals surface area contributed by atoms with Gasteiger partial charge in [-0.15, -0.1) is 5.10 Å². The van der Waals surface area contributed by atoms with Crippen LogP contribution in [0.5, 0.6) is 0 Å². The van der Waals surface area contributed by atoms with Gasteiger partial charge in [-0.25, -0.2) is 9.48 Å². The van der Waals surface area contributed by atoms with Crippen LogP contribution >= 0.6 is 0 Å². The second kappa shape index (κ2) is 5.81. The highest BCUT2D eigenvalue weighted by molar-refractivity contribution is 5.92. The summed E-state index contributed by atoms with van der Waals surface area (Å²) in [5.74, 6) is -0.462. The summed E-state index contributed by atoms with van der Waals surface area (Å²) in [6.45, 7) is 6.39. The van der Waals surface area contributed by atoms with Crippen LogP contribution in [0.15, 0.2) is 18.2 Å². The summed E-state index contributed by atoms with van der Waals surface area (Å²) >= 11 is 0. The topological polar surface area (TPSA) is 71.2 Å². The number of rotatable bonds is 5. The summed E-state index contributed by atoms with van der Waals surface area (Å²) in [5, 5.41) is 17.4. The van der Waals surface area contributed by atoms with Crippen molar-refractivity contribution in [2.24, 2.45) is 5.92 Å². The summed E-state index contributed by atoms with van der Waals surface area (Å²) in [6, 6.07) is 4.94. The molecule has 1 unspecified atom stereocenters. The van der Waals surface area contributed by atoms with Gasteiger partial charge in [0.25, 0.3) is 0 Å². The van der Waals surface area contributed by atoms with E-state index in [1.165, 1.54) is 25.9 Å². The van der Waals surface area contributed by atoms with Gasteiger partial charge in [-0.1, -0.05) is 12.1 Å². The molecule has 1 N–H and O–H groups in total. The Morgan fingerprint density at radius 1 is 1.33 bits per heavy atom. The van der Waals surface area contributed by atoms with E-state index >= 15 is 0 Å². The minimum atomic E-state index is -0.922. The average Bonchev–Trinajstić information content (AvgIpc) is 3.08. The number of aromatic nitrogens is 3. The van der Waals surface area contributed by atoms with E-state index in [0.717, 1.165) is 24.1 Å². The Morgan fingerprint density at radius 2 is 2.10 bits per heavy atom. The quantitative estimate of drug-likeness (QED) is 0.909. The van der Waals surface area contributed by atoms with Gasteiger partial charge < -0.3 is 10.0 Å². The average molecular weight is 288 g/mol. The van der Waals surface area contributed by atoms with Crippen LogP contribution in [-0.2, 0) is 6.54 Å². The standard InChI is InChI=1S/C15H20N4O2/c1-11(9-18-6-2-3-7-18)10-19-14-8-12(15(20)21)4-5-13(14)16-17-19/h4-5,8,11H,2-3,6-7,9-10H2,1H3,(H,20,21). The first kappa shape index (κ1) is 14.0. The molecule has 0 amide bonds. The van der Waals surface area contributed by atoms with E-state index in [0.29, 0.717) is 5.92 Å². The van der Waals surface area contributed by atoms with Crippen molar-refractivity contribution in [1.82, 2.24) is 19.9 Å². The molecule has 3 rings (SSSR count). The van der Waals surface area contributed by atoms with Crippen molar-refractivity contribution in [3.63, 3.8) is 0 Å². The zero-order chi connectivity index (χ0) is 14.8. The zero-order valence-corrected chi connectivity index (χ0v) is 12.2. The van der Waals surface area contributed by atoms with Crippen molar-refractivity contribution < 1.29 is 9.90 Å². The van der Waals surface area contributed by atoms with Crippen molar-refractivity contribution in [2.45, 2.75) is 26.3 Å². The molecule has 1 aliphatic rings. The molecule has 6 heteroatoms. The Bertz CT molecular complexity index is 646. The van der Waals surface area contributed by atoms with Crippen LogP contribution in [0.4, 0.5) is 0 Å². The lowest BCUT2D eigenvalue weighted by molar-refractivity contribution is 0.0697. The van der Waals surface area contributed by atoms with Crippen LogP contribution in [0.2, 0.25) is 0 Å². The van der Waals surface area contributed by atoms with E-state index in [1.807, 2.05) is 4.68 Å². The molecule has 1 aromatic heterocycles. The molecule has 1 saturated heterocycles. The highest BCUT2D eigenvalue weighted by atomic mass is 16.4. The van der Waals surface area contributed by atoms with Crippen LogP contribution in [0.1, 0.15) is 30.1 Å². The molecule has 1 aromatic carbocycles. The minimum absolute atomic E-state index is 0.276. The monoisotopic (exact) mass is 288 g/mol. The predicted octanol–water partition coefficient (Wildman–Crippen LogP) is 1.86. The molecule has 1 fully saturated rings. The highest BCUT2D eigenvalue weighted by Gasteiger charge is 2.16. The zero-order valence-electron chi connectivity index (χ0n) is 12.2. The largest absolute Gasteiger partial charge is 0.478 e. The first-order valence-corrected chi connectivity index (χ1v) is 7.42. The number of carboxylic acid groups (broad SMARTS) is 1. The van der Waals surface area contributed by atoms with Gasteiger partial charge in [0.05, 0.1) is 11.1 Å². The lowest BCUT2D eigenvalue weighted by atomic mass is 10.1. The fourth-order valence-corrected chi connectivity index (χ4v) is 2.99. The normalized spacial score (nSPS) is 17.4. The van der Waals surface area contributed by atoms with E-state index in [9.17, 15) is 4.79 Å². The van der Waals surface area contributed by atoms with E-state index in [4.69, 9.17) is 5.11 Å². The van der Waals surface area contributed by atoms with Gasteiger partial charge >= 0.3 is 5.97 Å². The van der Waals surface area contributed by atoms with Crippen molar-refractivity contribution in [3.05, 3.63) is 23.8 Å². The highest BCUT2D eigenvalue weighted by Crippen LogP contribution is 2.16. The van der Waals surface area contributed by atoms with Gasteiger partial charge in [0.2, 0.25) is 0 Å². The van der Waals surface area contributed by atoms with Gasteiger partial charge in [-0.2, -0.15) is 0 Å². The van der Waals surface area contributed by atoms with Crippen molar-refractivity contribution >= 4 is 17.0 Å². The molecular formula is C15H20N4O2. The van der Waals surface area contributed by atoms with Crippen molar-refractivity contribution in [1.29, 1.82) is 0 Å². The summed E-state index contributed by atoms with van der Waals surface area (Å²) in [6.07, 6.45) is 2.59. The van der Waals surface area contributed by atoms with E-state index in [2.05, 4.69) is 22.1 Å². The van der Waals surface area contributed by atoms with Crippen molar-refractivity contribution in [2.75, 3.05) is 19.6 Å². The van der Waals surface area contributed by atoms with Gasteiger partial charge in [-0.05, 0) is 50.0 Å². The second-order valence-electron chi connectivity index (χ2n) is 5.89. The maximum Gasteiger partial charge on any atom is 0.335 e. The number of nitrogens with zero attached hydrogens (tertiary/aromatic N) is 4. The summed E-state index contributed by atoms with van der Waals surface area (Å²) < 4.78 is 1.82. The maximum atomic E-state index is 11.1. The van der Waals surface area contributed by atoms with Gasteiger partial charge in [0.1, 0.15) is 5.52 Å². The molecule has 0 spiro atoms. The minimum Gasteiger partial charge on any atom is -0.478 e. The Balaban J connectivity index is 1.76. The summed E-state index contributed by atoms with van der Waals surface area (Å²) in [5.41, 5.74) is 1.81. The number of likely N-dealkylation sites (tertiary alicyclic amines) is 1. The van der Waals surface area contributed by atoms with Crippen LogP contribution in [0.3, 0.4) is 0 Å². The van der Waals surface area contributed by atoms with Crippen LogP contribution in [-0.4, -0.2) is 50.6 Å². The molecule has 0 radical (unpaired) electrons. The fraction of sp³-hybridized carbons (Fsp3) is 0.533. The maximum absolute atomic E-state index is 11.1. The van der Waals surface area contributed by atoms with Crippen LogP contribution in [0, 0.1) is 5.92 Å². The SMILES string of the molecule is CC(CN1CCCC1)Cn1nnc2ccc(C(=O)O)cc21. The number of carboxylic acids is 1. The smallest absolute Gasteiger partial charge is 0.335 e. The van der Waals surface area contributed by atoms with Gasteiger partial charge in [-0.3, -0.25) is 0 Å². The Hall–Kier alpha value is -1.95. The molecule has 6 nitrogen and oxygen atoms in total. The summed E-state index contributed by atoms with van der Waals surface area (Å²) in [4.78, 5) is 13.6. The molecule has 2 aromatic rings. The van der Waals surface area contributed by atoms with E-state index < -0.39 is 5.97 Å². The molecule has 21 heavy (non-hydrogen) atoms. The number of carbonyl (C=O) groups is 1. The van der Waals surface area contributed by atoms with Gasteiger partial charge in [0, 0.05) is 13.1 Å². The fourth-order valence-electron chi connectivity index (χ4n) is 2.99. The first-order chi connectivity index (χ1) is 10.1. The molecule has 0 aliphatic carbocycles. The predicted molar refractivity (Wildman–Crippen MR) is 79.3 cm³/mol. The Kier molecular flexibility index (Phi) is 3.88. The molecule has 0 bridgehead atoms. The van der Waals surface area contributed by atoms with E-state index in [1.54, 1.807) is 18.2 Å². The molecule has 2 heterocycles. The number of aromatic carboxylic acids is 1. The Morgan fingerprint density at radius 3 is 2.81 bits per heavy atom. The van der Waals surface area contributed by atoms with Gasteiger partial charge in [0.15, 0.2) is 0 Å². The lowest BCUT2D eigenvalue weighted by Crippen LogP contribution is -2.27. The summed E-state index contributed by atoms with van der Waals surface area (Å²) in [7, 11) is 0. The van der Waals surface area contributed by atoms with E-state index in [-0.39, 0.29) is 5.56 Å². The molecular weight excluding hydrogens is 268 g/mol. The molecule has 1 atom stereocenters. The third kappa shape index (κ3) is 3.05. The van der Waals surface area contributed by atoms with Crippen LogP contribution in [0.25, 0.3) is 11.0 Å². The number of benzene rings is 1. The number of hydrogen-bond donors (Lipinski definition) is 1. The molecule has 1 aliphatic heterocycles.